The Hall–Kier alpha value is -1.55. The molecule has 0 spiro atoms. The molecule has 0 heterocycles. The fraction of sp³-hybridized carbons (Fsp3) is 0.533. The van der Waals surface area contributed by atoms with Gasteiger partial charge in [0.25, 0.3) is 5.91 Å². The topological polar surface area (TPSA) is 50.4 Å². The van der Waals surface area contributed by atoms with Crippen LogP contribution in [0.5, 0.6) is 5.75 Å². The molecule has 0 aliphatic carbocycles. The molecule has 1 rings (SSSR count). The van der Waals surface area contributed by atoms with Gasteiger partial charge in [-0.25, -0.2) is 0 Å². The average molecular weight is 264 g/mol. The molecule has 1 unspecified atom stereocenters. The van der Waals surface area contributed by atoms with Gasteiger partial charge in [-0.3, -0.25) is 4.79 Å². The van der Waals surface area contributed by atoms with Crippen LogP contribution in [0, 0.1) is 0 Å². The minimum absolute atomic E-state index is 0.0645. The first-order valence-corrected chi connectivity index (χ1v) is 6.87. The van der Waals surface area contributed by atoms with Gasteiger partial charge in [0.15, 0.2) is 6.61 Å². The summed E-state index contributed by atoms with van der Waals surface area (Å²) in [6.45, 7) is 7.90. The van der Waals surface area contributed by atoms with E-state index in [-0.39, 0.29) is 18.6 Å². The average Bonchev–Trinajstić information content (AvgIpc) is 2.43. The Bertz CT molecular complexity index is 393. The van der Waals surface area contributed by atoms with Gasteiger partial charge in [-0.2, -0.15) is 0 Å². The molecule has 0 aliphatic rings. The molecule has 1 aromatic carbocycles. The molecular weight excluding hydrogens is 240 g/mol. The van der Waals surface area contributed by atoms with Gasteiger partial charge in [0.2, 0.25) is 0 Å². The van der Waals surface area contributed by atoms with Crippen LogP contribution >= 0.6 is 0 Å². The van der Waals surface area contributed by atoms with E-state index in [0.717, 1.165) is 30.8 Å². The number of hydrogen-bond donors (Lipinski definition) is 2. The third-order valence-corrected chi connectivity index (χ3v) is 2.87. The number of rotatable bonds is 8. The maximum absolute atomic E-state index is 11.6. The van der Waals surface area contributed by atoms with E-state index in [4.69, 9.17) is 4.74 Å². The summed E-state index contributed by atoms with van der Waals surface area (Å²) in [6.07, 6.45) is 0.921. The van der Waals surface area contributed by atoms with Crippen LogP contribution in [0.1, 0.15) is 32.8 Å². The highest BCUT2D eigenvalue weighted by Gasteiger charge is 2.06. The van der Waals surface area contributed by atoms with E-state index in [0.29, 0.717) is 0 Å². The number of nitrogens with one attached hydrogen (secondary N) is 2. The van der Waals surface area contributed by atoms with Gasteiger partial charge in [-0.15, -0.1) is 0 Å². The van der Waals surface area contributed by atoms with E-state index in [1.165, 1.54) is 0 Å². The molecule has 0 saturated heterocycles. The molecule has 2 N–H and O–H groups in total. The minimum Gasteiger partial charge on any atom is -0.484 e. The molecule has 0 saturated carbocycles. The quantitative estimate of drug-likeness (QED) is 0.756. The third-order valence-electron chi connectivity index (χ3n) is 2.87. The number of carbonyl (C=O) groups excluding carboxylic acids is 1. The van der Waals surface area contributed by atoms with Crippen LogP contribution in [0.4, 0.5) is 0 Å². The Morgan fingerprint density at radius 2 is 2.16 bits per heavy atom. The summed E-state index contributed by atoms with van der Waals surface area (Å²) in [4.78, 5) is 11.6. The zero-order valence-corrected chi connectivity index (χ0v) is 12.0. The first kappa shape index (κ1) is 15.5. The zero-order valence-electron chi connectivity index (χ0n) is 12.0. The molecule has 106 valence electrons. The molecule has 0 bridgehead atoms. The highest BCUT2D eigenvalue weighted by molar-refractivity contribution is 5.77. The van der Waals surface area contributed by atoms with E-state index in [2.05, 4.69) is 17.6 Å². The van der Waals surface area contributed by atoms with E-state index in [9.17, 15) is 4.79 Å². The molecule has 0 radical (unpaired) electrons. The van der Waals surface area contributed by atoms with E-state index in [1.54, 1.807) is 0 Å². The highest BCUT2D eigenvalue weighted by Crippen LogP contribution is 2.13. The van der Waals surface area contributed by atoms with Crippen molar-refractivity contribution in [3.63, 3.8) is 0 Å². The van der Waals surface area contributed by atoms with Crippen molar-refractivity contribution in [3.8, 4) is 5.75 Å². The Kier molecular flexibility index (Phi) is 6.97. The van der Waals surface area contributed by atoms with Crippen LogP contribution in [0.3, 0.4) is 0 Å². The number of ether oxygens (including phenoxy) is 1. The van der Waals surface area contributed by atoms with Gasteiger partial charge in [0, 0.05) is 12.6 Å². The van der Waals surface area contributed by atoms with Gasteiger partial charge in [0.1, 0.15) is 5.75 Å². The fourth-order valence-electron chi connectivity index (χ4n) is 1.58. The van der Waals surface area contributed by atoms with Crippen molar-refractivity contribution >= 4 is 5.91 Å². The second-order valence-electron chi connectivity index (χ2n) is 4.59. The van der Waals surface area contributed by atoms with E-state index in [1.807, 2.05) is 38.1 Å². The molecule has 4 heteroatoms. The number of carbonyl (C=O) groups is 1. The standard InChI is InChI=1S/C15H24N2O2/c1-4-12(3)17-15(18)11-19-14-8-6-7-13(9-14)10-16-5-2/h6-9,12,16H,4-5,10-11H2,1-3H3,(H,17,18). The lowest BCUT2D eigenvalue weighted by Gasteiger charge is -2.12. The second kappa shape index (κ2) is 8.53. The summed E-state index contributed by atoms with van der Waals surface area (Å²) in [6, 6.07) is 7.99. The lowest BCUT2D eigenvalue weighted by Crippen LogP contribution is -2.35. The number of hydrogen-bond acceptors (Lipinski definition) is 3. The molecule has 0 fully saturated rings. The Balaban J connectivity index is 2.42. The smallest absolute Gasteiger partial charge is 0.258 e. The van der Waals surface area contributed by atoms with Crippen molar-refractivity contribution in [2.75, 3.05) is 13.2 Å². The molecule has 1 amide bonds. The second-order valence-corrected chi connectivity index (χ2v) is 4.59. The Labute approximate surface area is 115 Å². The maximum atomic E-state index is 11.6. The Morgan fingerprint density at radius 1 is 1.37 bits per heavy atom. The van der Waals surface area contributed by atoms with E-state index >= 15 is 0 Å². The predicted molar refractivity (Wildman–Crippen MR) is 77.2 cm³/mol. The molecule has 1 atom stereocenters. The first-order chi connectivity index (χ1) is 9.15. The van der Waals surface area contributed by atoms with Crippen molar-refractivity contribution in [1.29, 1.82) is 0 Å². The summed E-state index contributed by atoms with van der Waals surface area (Å²) in [5.74, 6) is 0.654. The van der Waals surface area contributed by atoms with Crippen molar-refractivity contribution in [2.45, 2.75) is 39.8 Å². The molecule has 19 heavy (non-hydrogen) atoms. The van der Waals surface area contributed by atoms with Crippen molar-refractivity contribution < 1.29 is 9.53 Å². The number of benzene rings is 1. The van der Waals surface area contributed by atoms with Crippen LogP contribution in [0.2, 0.25) is 0 Å². The highest BCUT2D eigenvalue weighted by atomic mass is 16.5. The minimum atomic E-state index is -0.0774. The number of amides is 1. The molecular formula is C15H24N2O2. The fourth-order valence-corrected chi connectivity index (χ4v) is 1.58. The van der Waals surface area contributed by atoms with Gasteiger partial charge < -0.3 is 15.4 Å². The summed E-state index contributed by atoms with van der Waals surface area (Å²) >= 11 is 0. The van der Waals surface area contributed by atoms with Crippen LogP contribution < -0.4 is 15.4 Å². The van der Waals surface area contributed by atoms with Crippen LogP contribution in [-0.2, 0) is 11.3 Å². The molecule has 0 aromatic heterocycles. The van der Waals surface area contributed by atoms with E-state index < -0.39 is 0 Å². The van der Waals surface area contributed by atoms with Crippen molar-refractivity contribution in [2.24, 2.45) is 0 Å². The van der Waals surface area contributed by atoms with Crippen LogP contribution in [0.15, 0.2) is 24.3 Å². The largest absolute Gasteiger partial charge is 0.484 e. The SMILES string of the molecule is CCNCc1cccc(OCC(=O)NC(C)CC)c1. The normalized spacial score (nSPS) is 11.9. The lowest BCUT2D eigenvalue weighted by molar-refractivity contribution is -0.123. The summed E-state index contributed by atoms with van der Waals surface area (Å²) < 4.78 is 5.49. The van der Waals surface area contributed by atoms with Crippen LogP contribution in [0.25, 0.3) is 0 Å². The molecule has 1 aromatic rings. The summed E-state index contributed by atoms with van der Waals surface area (Å²) in [7, 11) is 0. The third kappa shape index (κ3) is 6.25. The monoisotopic (exact) mass is 264 g/mol. The zero-order chi connectivity index (χ0) is 14.1. The predicted octanol–water partition coefficient (Wildman–Crippen LogP) is 2.09. The van der Waals surface area contributed by atoms with Gasteiger partial charge in [-0.05, 0) is 37.6 Å². The summed E-state index contributed by atoms with van der Waals surface area (Å²) in [5.41, 5.74) is 1.15. The molecule has 4 nitrogen and oxygen atoms in total. The van der Waals surface area contributed by atoms with Gasteiger partial charge in [-0.1, -0.05) is 26.0 Å². The first-order valence-electron chi connectivity index (χ1n) is 6.87. The maximum Gasteiger partial charge on any atom is 0.258 e. The van der Waals surface area contributed by atoms with Crippen molar-refractivity contribution in [1.82, 2.24) is 10.6 Å². The van der Waals surface area contributed by atoms with Gasteiger partial charge in [0.05, 0.1) is 0 Å². The lowest BCUT2D eigenvalue weighted by atomic mass is 10.2. The summed E-state index contributed by atoms with van der Waals surface area (Å²) in [5, 5.41) is 6.13. The molecule has 0 aliphatic heterocycles. The van der Waals surface area contributed by atoms with Crippen LogP contribution in [-0.4, -0.2) is 25.1 Å². The Morgan fingerprint density at radius 3 is 2.84 bits per heavy atom. The van der Waals surface area contributed by atoms with Gasteiger partial charge >= 0.3 is 0 Å². The van der Waals surface area contributed by atoms with Crippen molar-refractivity contribution in [3.05, 3.63) is 29.8 Å².